The van der Waals surface area contributed by atoms with Gasteiger partial charge in [-0.1, -0.05) is 13.8 Å². The molecule has 0 radical (unpaired) electrons. The van der Waals surface area contributed by atoms with E-state index in [1.54, 1.807) is 0 Å². The van der Waals surface area contributed by atoms with Crippen LogP contribution >= 0.6 is 0 Å². The van der Waals surface area contributed by atoms with E-state index in [2.05, 4.69) is 31.4 Å². The number of ether oxygens (including phenoxy) is 1. The molecule has 2 unspecified atom stereocenters. The molecule has 0 saturated carbocycles. The maximum absolute atomic E-state index is 11.8. The third kappa shape index (κ3) is 4.94. The first-order valence-corrected chi connectivity index (χ1v) is 6.21. The van der Waals surface area contributed by atoms with Crippen LogP contribution in [0.25, 0.3) is 0 Å². The second-order valence-corrected chi connectivity index (χ2v) is 4.96. The van der Waals surface area contributed by atoms with Crippen molar-refractivity contribution in [3.8, 4) is 0 Å². The molecule has 1 amide bonds. The quantitative estimate of drug-likeness (QED) is 0.735. The minimum absolute atomic E-state index is 0.0657. The molecular weight excluding hydrogens is 204 g/mol. The Morgan fingerprint density at radius 1 is 1.44 bits per heavy atom. The standard InChI is InChI=1S/C12H24N2O2/c1-9(2)4-5-10(3)14-12(15)11-8-16-7-6-13-11/h9-11,13H,4-8H2,1-3H3,(H,14,15). The monoisotopic (exact) mass is 228 g/mol. The number of nitrogens with one attached hydrogen (secondary N) is 2. The Labute approximate surface area is 98.1 Å². The molecule has 0 aliphatic carbocycles. The summed E-state index contributed by atoms with van der Waals surface area (Å²) >= 11 is 0. The Kier molecular flexibility index (Phi) is 5.77. The summed E-state index contributed by atoms with van der Waals surface area (Å²) in [7, 11) is 0. The Morgan fingerprint density at radius 3 is 2.75 bits per heavy atom. The molecule has 0 aromatic carbocycles. The van der Waals surface area contributed by atoms with E-state index in [0.29, 0.717) is 19.1 Å². The number of carbonyl (C=O) groups excluding carboxylic acids is 1. The first kappa shape index (κ1) is 13.5. The molecule has 4 heteroatoms. The van der Waals surface area contributed by atoms with Crippen molar-refractivity contribution in [3.63, 3.8) is 0 Å². The number of hydrogen-bond donors (Lipinski definition) is 2. The van der Waals surface area contributed by atoms with Crippen molar-refractivity contribution >= 4 is 5.91 Å². The summed E-state index contributed by atoms with van der Waals surface area (Å²) in [6.07, 6.45) is 2.19. The predicted octanol–water partition coefficient (Wildman–Crippen LogP) is 0.916. The van der Waals surface area contributed by atoms with Crippen molar-refractivity contribution in [1.29, 1.82) is 0 Å². The fraction of sp³-hybridized carbons (Fsp3) is 0.917. The molecule has 94 valence electrons. The molecule has 4 nitrogen and oxygen atoms in total. The minimum atomic E-state index is -0.171. The normalized spacial score (nSPS) is 23.1. The van der Waals surface area contributed by atoms with Gasteiger partial charge in [-0.05, 0) is 25.7 Å². The van der Waals surface area contributed by atoms with E-state index >= 15 is 0 Å². The summed E-state index contributed by atoms with van der Waals surface area (Å²) in [5.74, 6) is 0.756. The van der Waals surface area contributed by atoms with Gasteiger partial charge in [-0.2, -0.15) is 0 Å². The lowest BCUT2D eigenvalue weighted by Gasteiger charge is -2.25. The summed E-state index contributed by atoms with van der Waals surface area (Å²) in [6.45, 7) is 8.41. The predicted molar refractivity (Wildman–Crippen MR) is 64.3 cm³/mol. The average Bonchev–Trinajstić information content (AvgIpc) is 2.27. The van der Waals surface area contributed by atoms with Crippen molar-refractivity contribution in [3.05, 3.63) is 0 Å². The molecule has 0 spiro atoms. The molecule has 1 rings (SSSR count). The van der Waals surface area contributed by atoms with E-state index in [9.17, 15) is 4.79 Å². The molecule has 0 aromatic rings. The first-order valence-electron chi connectivity index (χ1n) is 6.21. The molecule has 0 aromatic heterocycles. The van der Waals surface area contributed by atoms with Gasteiger partial charge in [0.05, 0.1) is 13.2 Å². The summed E-state index contributed by atoms with van der Waals surface area (Å²) in [5, 5.41) is 6.18. The maximum atomic E-state index is 11.8. The fourth-order valence-electron chi connectivity index (χ4n) is 1.73. The third-order valence-corrected chi connectivity index (χ3v) is 2.80. The van der Waals surface area contributed by atoms with Crippen LogP contribution in [0.15, 0.2) is 0 Å². The van der Waals surface area contributed by atoms with E-state index in [-0.39, 0.29) is 18.0 Å². The van der Waals surface area contributed by atoms with Crippen molar-refractivity contribution in [1.82, 2.24) is 10.6 Å². The van der Waals surface area contributed by atoms with Crippen LogP contribution in [0.2, 0.25) is 0 Å². The molecule has 1 aliphatic rings. The second-order valence-electron chi connectivity index (χ2n) is 4.96. The SMILES string of the molecule is CC(C)CCC(C)NC(=O)C1COCCN1. The molecule has 2 N–H and O–H groups in total. The zero-order chi connectivity index (χ0) is 12.0. The van der Waals surface area contributed by atoms with E-state index in [4.69, 9.17) is 4.74 Å². The zero-order valence-corrected chi connectivity index (χ0v) is 10.6. The van der Waals surface area contributed by atoms with Gasteiger partial charge < -0.3 is 15.4 Å². The van der Waals surface area contributed by atoms with E-state index in [0.717, 1.165) is 19.4 Å². The molecule has 2 atom stereocenters. The lowest BCUT2D eigenvalue weighted by Crippen LogP contribution is -2.52. The van der Waals surface area contributed by atoms with Crippen LogP contribution in [0, 0.1) is 5.92 Å². The van der Waals surface area contributed by atoms with Crippen LogP contribution in [0.3, 0.4) is 0 Å². The molecule has 0 bridgehead atoms. The second kappa shape index (κ2) is 6.86. The molecule has 1 heterocycles. The number of hydrogen-bond acceptors (Lipinski definition) is 3. The number of morpholine rings is 1. The Bertz CT molecular complexity index is 213. The highest BCUT2D eigenvalue weighted by molar-refractivity contribution is 5.82. The van der Waals surface area contributed by atoms with Crippen molar-refractivity contribution in [2.24, 2.45) is 5.92 Å². The summed E-state index contributed by atoms with van der Waals surface area (Å²) in [6, 6.07) is 0.0777. The molecule has 1 aliphatic heterocycles. The van der Waals surface area contributed by atoms with E-state index in [1.807, 2.05) is 0 Å². The van der Waals surface area contributed by atoms with Crippen LogP contribution in [-0.2, 0) is 9.53 Å². The van der Waals surface area contributed by atoms with Gasteiger partial charge in [-0.25, -0.2) is 0 Å². The summed E-state index contributed by atoms with van der Waals surface area (Å²) < 4.78 is 5.26. The Hall–Kier alpha value is -0.610. The van der Waals surface area contributed by atoms with Crippen LogP contribution < -0.4 is 10.6 Å². The highest BCUT2D eigenvalue weighted by Crippen LogP contribution is 2.06. The van der Waals surface area contributed by atoms with Crippen LogP contribution in [-0.4, -0.2) is 37.7 Å². The van der Waals surface area contributed by atoms with Gasteiger partial charge in [0.2, 0.25) is 5.91 Å². The molecular formula is C12H24N2O2. The molecule has 16 heavy (non-hydrogen) atoms. The first-order chi connectivity index (χ1) is 7.59. The van der Waals surface area contributed by atoms with Gasteiger partial charge in [0.15, 0.2) is 0 Å². The zero-order valence-electron chi connectivity index (χ0n) is 10.6. The summed E-state index contributed by atoms with van der Waals surface area (Å²) in [5.41, 5.74) is 0. The maximum Gasteiger partial charge on any atom is 0.239 e. The Balaban J connectivity index is 2.21. The lowest BCUT2D eigenvalue weighted by molar-refractivity contribution is -0.126. The van der Waals surface area contributed by atoms with Gasteiger partial charge in [0, 0.05) is 12.6 Å². The van der Waals surface area contributed by atoms with Gasteiger partial charge >= 0.3 is 0 Å². The number of carbonyl (C=O) groups is 1. The third-order valence-electron chi connectivity index (χ3n) is 2.80. The fourth-order valence-corrected chi connectivity index (χ4v) is 1.73. The van der Waals surface area contributed by atoms with Crippen molar-refractivity contribution in [2.75, 3.05) is 19.8 Å². The van der Waals surface area contributed by atoms with Gasteiger partial charge in [-0.15, -0.1) is 0 Å². The molecule has 1 saturated heterocycles. The van der Waals surface area contributed by atoms with Crippen molar-refractivity contribution < 1.29 is 9.53 Å². The smallest absolute Gasteiger partial charge is 0.239 e. The highest BCUT2D eigenvalue weighted by Gasteiger charge is 2.22. The Morgan fingerprint density at radius 2 is 2.19 bits per heavy atom. The van der Waals surface area contributed by atoms with Gasteiger partial charge in [0.1, 0.15) is 6.04 Å². The van der Waals surface area contributed by atoms with Crippen molar-refractivity contribution in [2.45, 2.75) is 45.7 Å². The van der Waals surface area contributed by atoms with Crippen LogP contribution in [0.4, 0.5) is 0 Å². The number of rotatable bonds is 5. The molecule has 1 fully saturated rings. The summed E-state index contributed by atoms with van der Waals surface area (Å²) in [4.78, 5) is 11.8. The van der Waals surface area contributed by atoms with Crippen LogP contribution in [0.1, 0.15) is 33.6 Å². The van der Waals surface area contributed by atoms with Gasteiger partial charge in [-0.3, -0.25) is 4.79 Å². The number of amides is 1. The van der Waals surface area contributed by atoms with Gasteiger partial charge in [0.25, 0.3) is 0 Å². The largest absolute Gasteiger partial charge is 0.378 e. The van der Waals surface area contributed by atoms with E-state index in [1.165, 1.54) is 0 Å². The lowest BCUT2D eigenvalue weighted by atomic mass is 10.0. The average molecular weight is 228 g/mol. The topological polar surface area (TPSA) is 50.4 Å². The van der Waals surface area contributed by atoms with Crippen LogP contribution in [0.5, 0.6) is 0 Å². The van der Waals surface area contributed by atoms with E-state index < -0.39 is 0 Å². The highest BCUT2D eigenvalue weighted by atomic mass is 16.5. The minimum Gasteiger partial charge on any atom is -0.378 e.